The van der Waals surface area contributed by atoms with Crippen LogP contribution in [0.2, 0.25) is 0 Å². The lowest BCUT2D eigenvalue weighted by Crippen LogP contribution is -2.32. The van der Waals surface area contributed by atoms with Gasteiger partial charge < -0.3 is 10.2 Å². The molecule has 0 saturated carbocycles. The summed E-state index contributed by atoms with van der Waals surface area (Å²) in [6.45, 7) is 7.79. The van der Waals surface area contributed by atoms with Crippen LogP contribution in [0.3, 0.4) is 0 Å². The molecule has 1 aromatic heterocycles. The Morgan fingerprint density at radius 2 is 2.24 bits per heavy atom. The minimum atomic E-state index is -0.208. The Hall–Kier alpha value is -1.43. The number of nitrogens with zero attached hydrogens (tertiary/aromatic N) is 2. The zero-order chi connectivity index (χ0) is 15.4. The summed E-state index contributed by atoms with van der Waals surface area (Å²) in [5, 5.41) is 4.09. The normalized spacial score (nSPS) is 18.3. The molecule has 1 aliphatic rings. The van der Waals surface area contributed by atoms with Gasteiger partial charge in [0.25, 0.3) is 0 Å². The van der Waals surface area contributed by atoms with Crippen molar-refractivity contribution in [3.63, 3.8) is 0 Å². The molecule has 1 atom stereocenters. The average molecular weight is 309 g/mol. The summed E-state index contributed by atoms with van der Waals surface area (Å²) in [6, 6.07) is 0. The zero-order valence-corrected chi connectivity index (χ0v) is 13.8. The van der Waals surface area contributed by atoms with Crippen molar-refractivity contribution in [2.24, 2.45) is 5.92 Å². The van der Waals surface area contributed by atoms with Gasteiger partial charge in [0, 0.05) is 24.4 Å². The Morgan fingerprint density at radius 1 is 1.48 bits per heavy atom. The quantitative estimate of drug-likeness (QED) is 0.873. The van der Waals surface area contributed by atoms with Gasteiger partial charge in [-0.25, -0.2) is 4.98 Å². The smallest absolute Gasteiger partial charge is 0.225 e. The molecule has 0 aromatic carbocycles. The second kappa shape index (κ2) is 7.02. The molecule has 0 bridgehead atoms. The Morgan fingerprint density at radius 3 is 2.86 bits per heavy atom. The van der Waals surface area contributed by atoms with E-state index >= 15 is 0 Å². The number of aryl methyl sites for hydroxylation is 2. The molecule has 0 radical (unpaired) electrons. The first-order chi connectivity index (χ1) is 10.0. The lowest BCUT2D eigenvalue weighted by atomic mass is 10.1. The van der Waals surface area contributed by atoms with E-state index in [0.29, 0.717) is 26.1 Å². The highest BCUT2D eigenvalue weighted by Gasteiger charge is 2.33. The van der Waals surface area contributed by atoms with Crippen LogP contribution in [-0.2, 0) is 22.6 Å². The molecule has 5 nitrogen and oxygen atoms in total. The standard InChI is InChI=1S/C15H23N3O2S/c1-4-6-13-17-10(3)12(21-13)8-16-15(20)11-7-14(19)18(5-2)9-11/h11H,4-9H2,1-3H3,(H,16,20)/t11-/m1/s1. The first kappa shape index (κ1) is 15.9. The summed E-state index contributed by atoms with van der Waals surface area (Å²) in [6.07, 6.45) is 2.40. The van der Waals surface area contributed by atoms with Gasteiger partial charge in [-0.1, -0.05) is 6.92 Å². The molecule has 1 fully saturated rings. The van der Waals surface area contributed by atoms with Gasteiger partial charge in [-0.2, -0.15) is 0 Å². The molecule has 6 heteroatoms. The SMILES string of the molecule is CCCc1nc(C)c(CNC(=O)[C@@H]2CC(=O)N(CC)C2)s1. The minimum absolute atomic E-state index is 0.0239. The third-order valence-electron chi connectivity index (χ3n) is 3.79. The highest BCUT2D eigenvalue weighted by atomic mass is 32.1. The van der Waals surface area contributed by atoms with Crippen LogP contribution < -0.4 is 5.32 Å². The van der Waals surface area contributed by atoms with E-state index in [1.54, 1.807) is 16.2 Å². The Bertz CT molecular complexity index is 527. The number of carbonyl (C=O) groups excluding carboxylic acids is 2. The number of hydrogen-bond donors (Lipinski definition) is 1. The van der Waals surface area contributed by atoms with Crippen LogP contribution >= 0.6 is 11.3 Å². The van der Waals surface area contributed by atoms with Gasteiger partial charge in [0.05, 0.1) is 23.2 Å². The fourth-order valence-corrected chi connectivity index (χ4v) is 3.65. The Kier molecular flexibility index (Phi) is 5.33. The first-order valence-electron chi connectivity index (χ1n) is 7.55. The third-order valence-corrected chi connectivity index (χ3v) is 5.01. The maximum absolute atomic E-state index is 12.2. The van der Waals surface area contributed by atoms with E-state index in [9.17, 15) is 9.59 Å². The maximum Gasteiger partial charge on any atom is 0.225 e. The highest BCUT2D eigenvalue weighted by Crippen LogP contribution is 2.21. The number of rotatable bonds is 6. The molecule has 1 aliphatic heterocycles. The summed E-state index contributed by atoms with van der Waals surface area (Å²) >= 11 is 1.67. The van der Waals surface area contributed by atoms with Crippen LogP contribution in [0, 0.1) is 12.8 Å². The molecule has 2 amide bonds. The molecule has 2 heterocycles. The van der Waals surface area contributed by atoms with Gasteiger partial charge in [-0.3, -0.25) is 9.59 Å². The first-order valence-corrected chi connectivity index (χ1v) is 8.37. The molecule has 2 rings (SSSR count). The van der Waals surface area contributed by atoms with Crippen LogP contribution in [0.5, 0.6) is 0 Å². The Balaban J connectivity index is 1.88. The highest BCUT2D eigenvalue weighted by molar-refractivity contribution is 7.11. The predicted octanol–water partition coefficient (Wildman–Crippen LogP) is 1.89. The number of hydrogen-bond acceptors (Lipinski definition) is 4. The van der Waals surface area contributed by atoms with Gasteiger partial charge in [0.15, 0.2) is 0 Å². The van der Waals surface area contributed by atoms with E-state index in [1.807, 2.05) is 13.8 Å². The molecule has 21 heavy (non-hydrogen) atoms. The fraction of sp³-hybridized carbons (Fsp3) is 0.667. The van der Waals surface area contributed by atoms with Crippen LogP contribution in [-0.4, -0.2) is 34.8 Å². The minimum Gasteiger partial charge on any atom is -0.351 e. The van der Waals surface area contributed by atoms with E-state index in [4.69, 9.17) is 0 Å². The van der Waals surface area contributed by atoms with Gasteiger partial charge in [-0.05, 0) is 26.7 Å². The monoisotopic (exact) mass is 309 g/mol. The zero-order valence-electron chi connectivity index (χ0n) is 12.9. The van der Waals surface area contributed by atoms with Crippen molar-refractivity contribution < 1.29 is 9.59 Å². The van der Waals surface area contributed by atoms with Crippen molar-refractivity contribution in [2.75, 3.05) is 13.1 Å². The summed E-state index contributed by atoms with van der Waals surface area (Å²) < 4.78 is 0. The molecule has 1 saturated heterocycles. The predicted molar refractivity (Wildman–Crippen MR) is 83.1 cm³/mol. The van der Waals surface area contributed by atoms with E-state index in [-0.39, 0.29) is 17.7 Å². The second-order valence-electron chi connectivity index (χ2n) is 5.42. The van der Waals surface area contributed by atoms with E-state index < -0.39 is 0 Å². The van der Waals surface area contributed by atoms with Crippen LogP contribution in [0.4, 0.5) is 0 Å². The molecule has 116 valence electrons. The van der Waals surface area contributed by atoms with Crippen molar-refractivity contribution >= 4 is 23.2 Å². The van der Waals surface area contributed by atoms with Crippen molar-refractivity contribution in [1.82, 2.24) is 15.2 Å². The molecular weight excluding hydrogens is 286 g/mol. The number of carbonyl (C=O) groups is 2. The number of aromatic nitrogens is 1. The molecule has 1 aromatic rings. The van der Waals surface area contributed by atoms with Gasteiger partial charge in [0.1, 0.15) is 0 Å². The van der Waals surface area contributed by atoms with Crippen molar-refractivity contribution in [2.45, 2.75) is 46.6 Å². The molecule has 0 unspecified atom stereocenters. The maximum atomic E-state index is 12.2. The summed E-state index contributed by atoms with van der Waals surface area (Å²) in [4.78, 5) is 31.2. The van der Waals surface area contributed by atoms with Crippen LogP contribution in [0.15, 0.2) is 0 Å². The van der Waals surface area contributed by atoms with E-state index in [1.165, 1.54) is 0 Å². The van der Waals surface area contributed by atoms with Crippen LogP contribution in [0.1, 0.15) is 42.3 Å². The van der Waals surface area contributed by atoms with E-state index in [2.05, 4.69) is 17.2 Å². The van der Waals surface area contributed by atoms with Crippen molar-refractivity contribution in [3.8, 4) is 0 Å². The lowest BCUT2D eigenvalue weighted by molar-refractivity contribution is -0.128. The average Bonchev–Trinajstić information content (AvgIpc) is 2.99. The largest absolute Gasteiger partial charge is 0.351 e. The lowest BCUT2D eigenvalue weighted by Gasteiger charge is -2.13. The van der Waals surface area contributed by atoms with Gasteiger partial charge in [0.2, 0.25) is 11.8 Å². The number of amides is 2. The van der Waals surface area contributed by atoms with Crippen LogP contribution in [0.25, 0.3) is 0 Å². The Labute approximate surface area is 129 Å². The molecular formula is C15H23N3O2S. The number of likely N-dealkylation sites (tertiary alicyclic amines) is 1. The summed E-state index contributed by atoms with van der Waals surface area (Å²) in [7, 11) is 0. The molecule has 0 spiro atoms. The topological polar surface area (TPSA) is 62.3 Å². The van der Waals surface area contributed by atoms with Crippen molar-refractivity contribution in [1.29, 1.82) is 0 Å². The third kappa shape index (κ3) is 3.81. The fourth-order valence-electron chi connectivity index (χ4n) is 2.54. The number of thiazole rings is 1. The molecule has 0 aliphatic carbocycles. The second-order valence-corrected chi connectivity index (χ2v) is 6.59. The van der Waals surface area contributed by atoms with Gasteiger partial charge in [-0.15, -0.1) is 11.3 Å². The number of nitrogens with one attached hydrogen (secondary N) is 1. The summed E-state index contributed by atoms with van der Waals surface area (Å²) in [5.41, 5.74) is 1.00. The van der Waals surface area contributed by atoms with E-state index in [0.717, 1.165) is 28.4 Å². The summed E-state index contributed by atoms with van der Waals surface area (Å²) in [5.74, 6) is -0.151. The van der Waals surface area contributed by atoms with Crippen molar-refractivity contribution in [3.05, 3.63) is 15.6 Å². The molecule has 1 N–H and O–H groups in total. The van der Waals surface area contributed by atoms with Gasteiger partial charge >= 0.3 is 0 Å².